The number of Topliss-reactive ketones (excluding diaryl/α,β-unsaturated/α-hetero) is 1. The van der Waals surface area contributed by atoms with E-state index in [1.54, 1.807) is 0 Å². The summed E-state index contributed by atoms with van der Waals surface area (Å²) in [5.41, 5.74) is 0.360. The van der Waals surface area contributed by atoms with E-state index in [0.717, 1.165) is 13.0 Å². The highest BCUT2D eigenvalue weighted by molar-refractivity contribution is 5.87. The first-order valence-electron chi connectivity index (χ1n) is 6.04. The van der Waals surface area contributed by atoms with E-state index in [1.807, 2.05) is 0 Å². The molecule has 0 spiro atoms. The number of fused-ring (bicyclic) bond motifs is 2. The van der Waals surface area contributed by atoms with Crippen molar-refractivity contribution in [2.75, 3.05) is 20.6 Å². The first-order valence-corrected chi connectivity index (χ1v) is 6.04. The van der Waals surface area contributed by atoms with Crippen molar-refractivity contribution >= 4 is 5.78 Å². The maximum Gasteiger partial charge on any atom is 0.140 e. The maximum atomic E-state index is 12.2. The van der Waals surface area contributed by atoms with Crippen LogP contribution < -0.4 is 0 Å². The number of carbonyl (C=O) groups excluding carboxylic acids is 1. The fraction of sp³-hybridized carbons (Fsp3) is 0.923. The Morgan fingerprint density at radius 3 is 2.47 bits per heavy atom. The van der Waals surface area contributed by atoms with Gasteiger partial charge in [0.05, 0.1) is 0 Å². The third-order valence-electron chi connectivity index (χ3n) is 5.02. The van der Waals surface area contributed by atoms with E-state index < -0.39 is 0 Å². The molecule has 86 valence electrons. The van der Waals surface area contributed by atoms with E-state index in [-0.39, 0.29) is 0 Å². The molecule has 2 heteroatoms. The van der Waals surface area contributed by atoms with Gasteiger partial charge in [-0.3, -0.25) is 4.79 Å². The second-order valence-corrected chi connectivity index (χ2v) is 6.33. The molecule has 0 aromatic heterocycles. The summed E-state index contributed by atoms with van der Waals surface area (Å²) in [5, 5.41) is 0. The van der Waals surface area contributed by atoms with Crippen LogP contribution in [0, 0.1) is 29.1 Å². The minimum Gasteiger partial charge on any atom is -0.309 e. The van der Waals surface area contributed by atoms with E-state index in [1.165, 1.54) is 0 Å². The summed E-state index contributed by atoms with van der Waals surface area (Å²) in [7, 11) is 4.13. The lowest BCUT2D eigenvalue weighted by atomic mass is 9.65. The highest BCUT2D eigenvalue weighted by Crippen LogP contribution is 2.59. The predicted octanol–water partition coefficient (Wildman–Crippen LogP) is 2.05. The maximum absolute atomic E-state index is 12.2. The van der Waals surface area contributed by atoms with Crippen LogP contribution in [0.1, 0.15) is 27.2 Å². The second-order valence-electron chi connectivity index (χ2n) is 6.33. The van der Waals surface area contributed by atoms with Crippen molar-refractivity contribution in [3.63, 3.8) is 0 Å². The largest absolute Gasteiger partial charge is 0.309 e. The van der Waals surface area contributed by atoms with Crippen molar-refractivity contribution in [2.45, 2.75) is 27.2 Å². The van der Waals surface area contributed by atoms with Crippen molar-refractivity contribution < 1.29 is 4.79 Å². The highest BCUT2D eigenvalue weighted by Gasteiger charge is 2.59. The molecular weight excluding hydrogens is 186 g/mol. The van der Waals surface area contributed by atoms with Crippen LogP contribution in [0.2, 0.25) is 0 Å². The average molecular weight is 209 g/mol. The number of hydrogen-bond donors (Lipinski definition) is 0. The van der Waals surface area contributed by atoms with Crippen LogP contribution in [-0.2, 0) is 4.79 Å². The van der Waals surface area contributed by atoms with Gasteiger partial charge in [-0.05, 0) is 37.8 Å². The van der Waals surface area contributed by atoms with Gasteiger partial charge < -0.3 is 4.90 Å². The quantitative estimate of drug-likeness (QED) is 0.693. The molecule has 0 saturated heterocycles. The Hall–Kier alpha value is -0.370. The first kappa shape index (κ1) is 11.1. The molecule has 0 radical (unpaired) electrons. The Labute approximate surface area is 93.0 Å². The lowest BCUT2D eigenvalue weighted by Crippen LogP contribution is -2.43. The Kier molecular flexibility index (Phi) is 2.45. The van der Waals surface area contributed by atoms with Gasteiger partial charge >= 0.3 is 0 Å². The molecule has 0 heterocycles. The van der Waals surface area contributed by atoms with Crippen molar-refractivity contribution in [1.29, 1.82) is 0 Å². The van der Waals surface area contributed by atoms with E-state index in [2.05, 4.69) is 39.8 Å². The van der Waals surface area contributed by atoms with Gasteiger partial charge in [0, 0.05) is 18.4 Å². The zero-order chi connectivity index (χ0) is 11.4. The van der Waals surface area contributed by atoms with Gasteiger partial charge in [-0.2, -0.15) is 0 Å². The predicted molar refractivity (Wildman–Crippen MR) is 61.6 cm³/mol. The van der Waals surface area contributed by atoms with Crippen LogP contribution in [-0.4, -0.2) is 31.3 Å². The van der Waals surface area contributed by atoms with Gasteiger partial charge in [0.2, 0.25) is 0 Å². The Morgan fingerprint density at radius 2 is 2.00 bits per heavy atom. The SMILES string of the molecule is C[C@@H]1[C@@H]2C[C@@H]([C@@H](CN(C)C)C2=O)C1(C)C. The molecule has 15 heavy (non-hydrogen) atoms. The lowest BCUT2D eigenvalue weighted by Gasteiger charge is -2.40. The summed E-state index contributed by atoms with van der Waals surface area (Å²) < 4.78 is 0. The topological polar surface area (TPSA) is 20.3 Å². The molecular formula is C13H23NO. The molecule has 0 N–H and O–H groups in total. The monoisotopic (exact) mass is 209 g/mol. The Morgan fingerprint density at radius 1 is 1.40 bits per heavy atom. The first-order chi connectivity index (χ1) is 6.85. The van der Waals surface area contributed by atoms with Crippen LogP contribution in [0.25, 0.3) is 0 Å². The van der Waals surface area contributed by atoms with E-state index in [0.29, 0.717) is 34.9 Å². The molecule has 2 saturated carbocycles. The molecule has 2 rings (SSSR count). The molecule has 2 aliphatic carbocycles. The van der Waals surface area contributed by atoms with Gasteiger partial charge in [-0.1, -0.05) is 20.8 Å². The van der Waals surface area contributed by atoms with Crippen molar-refractivity contribution in [3.8, 4) is 0 Å². The number of ketones is 1. The fourth-order valence-electron chi connectivity index (χ4n) is 3.77. The van der Waals surface area contributed by atoms with Crippen LogP contribution in [0.4, 0.5) is 0 Å². The Balaban J connectivity index is 2.21. The smallest absolute Gasteiger partial charge is 0.140 e. The summed E-state index contributed by atoms with van der Waals surface area (Å²) in [4.78, 5) is 14.3. The molecule has 0 amide bonds. The minimum absolute atomic E-state index is 0.302. The number of hydrogen-bond acceptors (Lipinski definition) is 2. The molecule has 0 aromatic rings. The van der Waals surface area contributed by atoms with E-state index in [9.17, 15) is 4.79 Å². The summed E-state index contributed by atoms with van der Waals surface area (Å²) in [6, 6.07) is 0. The van der Waals surface area contributed by atoms with Gasteiger partial charge in [0.1, 0.15) is 5.78 Å². The molecule has 0 aliphatic heterocycles. The summed E-state index contributed by atoms with van der Waals surface area (Å²) in [6.07, 6.45) is 1.14. The molecule has 2 aliphatic rings. The van der Waals surface area contributed by atoms with Crippen molar-refractivity contribution in [3.05, 3.63) is 0 Å². The third kappa shape index (κ3) is 1.45. The van der Waals surface area contributed by atoms with Crippen LogP contribution in [0.15, 0.2) is 0 Å². The van der Waals surface area contributed by atoms with Gasteiger partial charge in [-0.15, -0.1) is 0 Å². The number of carbonyl (C=O) groups is 1. The zero-order valence-corrected chi connectivity index (χ0v) is 10.6. The number of rotatable bonds is 2. The zero-order valence-electron chi connectivity index (χ0n) is 10.6. The lowest BCUT2D eigenvalue weighted by molar-refractivity contribution is -0.131. The number of nitrogens with zero attached hydrogens (tertiary/aromatic N) is 1. The van der Waals surface area contributed by atoms with Gasteiger partial charge in [-0.25, -0.2) is 0 Å². The summed E-state index contributed by atoms with van der Waals surface area (Å²) in [5.74, 6) is 2.40. The molecule has 4 atom stereocenters. The van der Waals surface area contributed by atoms with Gasteiger partial charge in [0.25, 0.3) is 0 Å². The van der Waals surface area contributed by atoms with Crippen LogP contribution in [0.5, 0.6) is 0 Å². The van der Waals surface area contributed by atoms with E-state index in [4.69, 9.17) is 0 Å². The molecule has 0 aromatic carbocycles. The second kappa shape index (κ2) is 3.31. The van der Waals surface area contributed by atoms with Gasteiger partial charge in [0.15, 0.2) is 0 Å². The van der Waals surface area contributed by atoms with Crippen LogP contribution in [0.3, 0.4) is 0 Å². The van der Waals surface area contributed by atoms with Crippen LogP contribution >= 0.6 is 0 Å². The standard InChI is InChI=1S/C13H23NO/c1-8-9-6-11(13(8,2)3)10(12(9)15)7-14(4)5/h8-11H,6-7H2,1-5H3/t8-,9+,10-,11+/m1/s1. The molecule has 2 nitrogen and oxygen atoms in total. The average Bonchev–Trinajstić information content (AvgIpc) is 2.52. The van der Waals surface area contributed by atoms with Crippen molar-refractivity contribution in [1.82, 2.24) is 4.90 Å². The van der Waals surface area contributed by atoms with Crippen molar-refractivity contribution in [2.24, 2.45) is 29.1 Å². The summed E-state index contributed by atoms with van der Waals surface area (Å²) in [6.45, 7) is 7.89. The molecule has 0 unspecified atom stereocenters. The minimum atomic E-state index is 0.302. The summed E-state index contributed by atoms with van der Waals surface area (Å²) >= 11 is 0. The molecule has 2 fully saturated rings. The third-order valence-corrected chi connectivity index (χ3v) is 5.02. The fourth-order valence-corrected chi connectivity index (χ4v) is 3.77. The normalized spacial score (nSPS) is 42.9. The van der Waals surface area contributed by atoms with E-state index >= 15 is 0 Å². The molecule has 2 bridgehead atoms. The Bertz CT molecular complexity index is 282. The highest BCUT2D eigenvalue weighted by atomic mass is 16.1.